The van der Waals surface area contributed by atoms with Crippen LogP contribution in [0.3, 0.4) is 0 Å². The van der Waals surface area contributed by atoms with Crippen molar-refractivity contribution in [1.29, 1.82) is 0 Å². The molecule has 0 unspecified atom stereocenters. The predicted octanol–water partition coefficient (Wildman–Crippen LogP) is 3.90. The van der Waals surface area contributed by atoms with Crippen molar-refractivity contribution >= 4 is 27.6 Å². The molecule has 3 nitrogen and oxygen atoms in total. The van der Waals surface area contributed by atoms with Crippen LogP contribution in [-0.4, -0.2) is 11.1 Å². The molecule has 0 spiro atoms. The van der Waals surface area contributed by atoms with Crippen molar-refractivity contribution in [3.8, 4) is 0 Å². The monoisotopic (exact) mass is 323 g/mol. The van der Waals surface area contributed by atoms with Crippen molar-refractivity contribution in [2.75, 3.05) is 5.32 Å². The highest BCUT2D eigenvalue weighted by atomic mass is 79.9. The van der Waals surface area contributed by atoms with E-state index >= 15 is 0 Å². The second-order valence-corrected chi connectivity index (χ2v) is 4.83. The molecule has 0 heterocycles. The fourth-order valence-electron chi connectivity index (χ4n) is 1.60. The Morgan fingerprint density at radius 3 is 2.53 bits per heavy atom. The Balaban J connectivity index is 2.06. The lowest BCUT2D eigenvalue weighted by molar-refractivity contribution is 0.0697. The summed E-state index contributed by atoms with van der Waals surface area (Å²) >= 11 is 3.33. The third-order valence-corrected chi connectivity index (χ3v) is 3.30. The summed E-state index contributed by atoms with van der Waals surface area (Å²) in [5.74, 6) is -1.26. The van der Waals surface area contributed by atoms with Crippen LogP contribution in [0.4, 0.5) is 10.1 Å². The van der Waals surface area contributed by atoms with Crippen LogP contribution in [0.5, 0.6) is 0 Å². The molecule has 0 saturated carbocycles. The van der Waals surface area contributed by atoms with Gasteiger partial charge in [-0.05, 0) is 51.8 Å². The highest BCUT2D eigenvalue weighted by molar-refractivity contribution is 9.10. The number of halogens is 2. The predicted molar refractivity (Wildman–Crippen MR) is 74.8 cm³/mol. The van der Waals surface area contributed by atoms with Gasteiger partial charge in [0.2, 0.25) is 0 Å². The minimum atomic E-state index is -0.951. The van der Waals surface area contributed by atoms with Crippen molar-refractivity contribution < 1.29 is 14.3 Å². The van der Waals surface area contributed by atoms with Crippen LogP contribution in [0.2, 0.25) is 0 Å². The van der Waals surface area contributed by atoms with Crippen LogP contribution in [0.15, 0.2) is 46.9 Å². The van der Waals surface area contributed by atoms with Crippen LogP contribution in [0, 0.1) is 5.82 Å². The summed E-state index contributed by atoms with van der Waals surface area (Å²) < 4.78 is 13.9. The lowest BCUT2D eigenvalue weighted by Crippen LogP contribution is -2.02. The highest BCUT2D eigenvalue weighted by Crippen LogP contribution is 2.23. The maximum absolute atomic E-state index is 13.1. The van der Waals surface area contributed by atoms with Gasteiger partial charge in [0.1, 0.15) is 5.82 Å². The normalized spacial score (nSPS) is 10.2. The summed E-state index contributed by atoms with van der Waals surface area (Å²) in [7, 11) is 0. The summed E-state index contributed by atoms with van der Waals surface area (Å²) in [6, 6.07) is 10.9. The van der Waals surface area contributed by atoms with Gasteiger partial charge in [0, 0.05) is 11.0 Å². The van der Waals surface area contributed by atoms with Crippen molar-refractivity contribution in [2.24, 2.45) is 0 Å². The van der Waals surface area contributed by atoms with E-state index in [0.29, 0.717) is 12.2 Å². The third-order valence-electron chi connectivity index (χ3n) is 2.61. The van der Waals surface area contributed by atoms with E-state index in [9.17, 15) is 9.18 Å². The van der Waals surface area contributed by atoms with Crippen LogP contribution >= 0.6 is 15.9 Å². The van der Waals surface area contributed by atoms with Crippen molar-refractivity contribution in [3.05, 3.63) is 63.9 Å². The minimum Gasteiger partial charge on any atom is -0.478 e. The van der Waals surface area contributed by atoms with Gasteiger partial charge < -0.3 is 10.4 Å². The van der Waals surface area contributed by atoms with Gasteiger partial charge in [-0.2, -0.15) is 0 Å². The minimum absolute atomic E-state index is 0.246. The topological polar surface area (TPSA) is 49.3 Å². The average Bonchev–Trinajstić information content (AvgIpc) is 2.40. The SMILES string of the molecule is O=C(O)c1ccc(CNc2cc(F)ccc2Br)cc1. The lowest BCUT2D eigenvalue weighted by Gasteiger charge is -2.09. The van der Waals surface area contributed by atoms with Crippen molar-refractivity contribution in [3.63, 3.8) is 0 Å². The zero-order valence-corrected chi connectivity index (χ0v) is 11.4. The molecule has 2 aromatic rings. The Morgan fingerprint density at radius 1 is 1.21 bits per heavy atom. The second kappa shape index (κ2) is 5.84. The summed E-state index contributed by atoms with van der Waals surface area (Å²) in [6.07, 6.45) is 0. The molecule has 0 fully saturated rings. The first-order valence-corrected chi connectivity index (χ1v) is 6.37. The van der Waals surface area contributed by atoms with Gasteiger partial charge >= 0.3 is 5.97 Å². The molecule has 2 aromatic carbocycles. The van der Waals surface area contributed by atoms with E-state index in [2.05, 4.69) is 21.2 Å². The number of carboxylic acid groups (broad SMARTS) is 1. The number of hydrogen-bond acceptors (Lipinski definition) is 2. The van der Waals surface area contributed by atoms with Crippen LogP contribution in [0.1, 0.15) is 15.9 Å². The number of nitrogens with one attached hydrogen (secondary N) is 1. The van der Waals surface area contributed by atoms with Gasteiger partial charge in [-0.3, -0.25) is 0 Å². The summed E-state index contributed by atoms with van der Waals surface area (Å²) in [5.41, 5.74) is 1.82. The van der Waals surface area contributed by atoms with Gasteiger partial charge in [0.15, 0.2) is 0 Å². The number of rotatable bonds is 4. The van der Waals surface area contributed by atoms with Crippen LogP contribution in [0.25, 0.3) is 0 Å². The maximum atomic E-state index is 13.1. The van der Waals surface area contributed by atoms with E-state index in [4.69, 9.17) is 5.11 Å². The zero-order chi connectivity index (χ0) is 13.8. The summed E-state index contributed by atoms with van der Waals surface area (Å²) in [6.45, 7) is 0.488. The number of carbonyl (C=O) groups is 1. The molecule has 0 atom stereocenters. The molecule has 2 rings (SSSR count). The fourth-order valence-corrected chi connectivity index (χ4v) is 1.98. The van der Waals surface area contributed by atoms with E-state index in [0.717, 1.165) is 10.0 Å². The van der Waals surface area contributed by atoms with Crippen LogP contribution < -0.4 is 5.32 Å². The number of hydrogen-bond donors (Lipinski definition) is 2. The Kier molecular flexibility index (Phi) is 4.16. The first-order chi connectivity index (χ1) is 9.06. The smallest absolute Gasteiger partial charge is 0.335 e. The van der Waals surface area contributed by atoms with Gasteiger partial charge in [-0.25, -0.2) is 9.18 Å². The quantitative estimate of drug-likeness (QED) is 0.897. The summed E-state index contributed by atoms with van der Waals surface area (Å²) in [5, 5.41) is 11.9. The fraction of sp³-hybridized carbons (Fsp3) is 0.0714. The Bertz CT molecular complexity index is 599. The molecule has 0 amide bonds. The molecule has 0 aliphatic heterocycles. The van der Waals surface area contributed by atoms with Gasteiger partial charge in [-0.1, -0.05) is 12.1 Å². The van der Waals surface area contributed by atoms with Gasteiger partial charge in [0.25, 0.3) is 0 Å². The summed E-state index contributed by atoms with van der Waals surface area (Å²) in [4.78, 5) is 10.7. The Hall–Kier alpha value is -1.88. The van der Waals surface area contributed by atoms with Gasteiger partial charge in [0.05, 0.1) is 11.3 Å². The molecule has 19 heavy (non-hydrogen) atoms. The molecule has 5 heteroatoms. The van der Waals surface area contributed by atoms with E-state index < -0.39 is 5.97 Å². The van der Waals surface area contributed by atoms with Crippen LogP contribution in [-0.2, 0) is 6.54 Å². The number of anilines is 1. The largest absolute Gasteiger partial charge is 0.478 e. The number of aromatic carboxylic acids is 1. The first-order valence-electron chi connectivity index (χ1n) is 5.57. The van der Waals surface area contributed by atoms with Gasteiger partial charge in [-0.15, -0.1) is 0 Å². The second-order valence-electron chi connectivity index (χ2n) is 3.98. The molecule has 0 saturated heterocycles. The van der Waals surface area contributed by atoms with E-state index in [-0.39, 0.29) is 11.4 Å². The zero-order valence-electron chi connectivity index (χ0n) is 9.86. The molecule has 98 valence electrons. The Morgan fingerprint density at radius 2 is 1.89 bits per heavy atom. The van der Waals surface area contributed by atoms with E-state index in [1.165, 1.54) is 12.1 Å². The number of carboxylic acids is 1. The molecular weight excluding hydrogens is 313 g/mol. The molecule has 0 aromatic heterocycles. The maximum Gasteiger partial charge on any atom is 0.335 e. The standard InChI is InChI=1S/C14H11BrFNO2/c15-12-6-5-11(16)7-13(12)17-8-9-1-3-10(4-2-9)14(18)19/h1-7,17H,8H2,(H,18,19). The lowest BCUT2D eigenvalue weighted by atomic mass is 10.1. The molecule has 0 radical (unpaired) electrons. The molecule has 0 aliphatic rings. The van der Waals surface area contributed by atoms with E-state index in [1.54, 1.807) is 30.3 Å². The third kappa shape index (κ3) is 3.54. The Labute approximate surface area is 118 Å². The van der Waals surface area contributed by atoms with Crippen molar-refractivity contribution in [2.45, 2.75) is 6.54 Å². The highest BCUT2D eigenvalue weighted by Gasteiger charge is 2.03. The molecule has 0 bridgehead atoms. The average molecular weight is 324 g/mol. The molecule has 0 aliphatic carbocycles. The molecular formula is C14H11BrFNO2. The van der Waals surface area contributed by atoms with Crippen molar-refractivity contribution in [1.82, 2.24) is 0 Å². The molecule has 2 N–H and O–H groups in total. The number of benzene rings is 2. The first kappa shape index (κ1) is 13.5. The van der Waals surface area contributed by atoms with E-state index in [1.807, 2.05) is 0 Å².